The van der Waals surface area contributed by atoms with Gasteiger partial charge in [0.2, 0.25) is 11.7 Å². The number of nitrogens with zero attached hydrogens (tertiary/aromatic N) is 4. The van der Waals surface area contributed by atoms with Gasteiger partial charge in [-0.15, -0.1) is 0 Å². The molecule has 1 aromatic carbocycles. The molecule has 0 saturated carbocycles. The van der Waals surface area contributed by atoms with Crippen molar-refractivity contribution in [2.75, 3.05) is 20.3 Å². The summed E-state index contributed by atoms with van der Waals surface area (Å²) in [6, 6.07) is 5.62. The van der Waals surface area contributed by atoms with Crippen molar-refractivity contribution in [1.82, 2.24) is 19.7 Å². The van der Waals surface area contributed by atoms with Crippen LogP contribution in [0.25, 0.3) is 17.2 Å². The maximum atomic E-state index is 11.5. The van der Waals surface area contributed by atoms with Crippen LogP contribution in [0, 0.1) is 14.3 Å². The Balaban J connectivity index is 1.79. The van der Waals surface area contributed by atoms with Crippen LogP contribution in [0.15, 0.2) is 47.3 Å². The second-order valence-corrected chi connectivity index (χ2v) is 8.22. The van der Waals surface area contributed by atoms with Crippen LogP contribution < -0.4 is 9.47 Å². The first-order chi connectivity index (χ1) is 15.4. The fourth-order valence-electron chi connectivity index (χ4n) is 2.61. The van der Waals surface area contributed by atoms with Gasteiger partial charge in [-0.3, -0.25) is 0 Å². The fraction of sp³-hybridized carbons (Fsp3) is 0.286. The monoisotopic (exact) mass is 568 g/mol. The van der Waals surface area contributed by atoms with E-state index in [9.17, 15) is 4.79 Å². The van der Waals surface area contributed by atoms with Crippen LogP contribution in [0.3, 0.4) is 0 Å². The van der Waals surface area contributed by atoms with E-state index in [4.69, 9.17) is 31.0 Å². The maximum Gasteiger partial charge on any atom is 0.330 e. The molecule has 1 atom stereocenters. The molecule has 1 unspecified atom stereocenters. The minimum absolute atomic E-state index is 0.00607. The SMILES string of the molecule is CC=CC(=O)OCC(C)COc1cc(-n2c(-c3cnc(OC)cn3)noc2=S)ccc1I. The van der Waals surface area contributed by atoms with E-state index in [1.165, 1.54) is 25.6 Å². The quantitative estimate of drug-likeness (QED) is 0.161. The lowest BCUT2D eigenvalue weighted by molar-refractivity contribution is -0.139. The zero-order valence-corrected chi connectivity index (χ0v) is 20.6. The molecule has 0 bridgehead atoms. The van der Waals surface area contributed by atoms with Crippen LogP contribution in [0.4, 0.5) is 0 Å². The highest BCUT2D eigenvalue weighted by Crippen LogP contribution is 2.28. The Morgan fingerprint density at radius 1 is 1.31 bits per heavy atom. The van der Waals surface area contributed by atoms with Gasteiger partial charge in [0.05, 0.1) is 42.0 Å². The second-order valence-electron chi connectivity index (χ2n) is 6.71. The van der Waals surface area contributed by atoms with Crippen LogP contribution >= 0.6 is 34.8 Å². The second kappa shape index (κ2) is 11.2. The molecule has 0 amide bonds. The Morgan fingerprint density at radius 2 is 2.12 bits per heavy atom. The molecule has 2 aromatic heterocycles. The molecule has 168 valence electrons. The fourth-order valence-corrected chi connectivity index (χ4v) is 3.33. The number of hydrogen-bond donors (Lipinski definition) is 0. The van der Waals surface area contributed by atoms with E-state index in [0.29, 0.717) is 35.4 Å². The summed E-state index contributed by atoms with van der Waals surface area (Å²) in [6.07, 6.45) is 6.04. The highest BCUT2D eigenvalue weighted by atomic mass is 127. The minimum atomic E-state index is -0.369. The van der Waals surface area contributed by atoms with Crippen molar-refractivity contribution in [3.63, 3.8) is 0 Å². The van der Waals surface area contributed by atoms with Crippen LogP contribution in [0.1, 0.15) is 13.8 Å². The molecular formula is C21H21IN4O5S. The van der Waals surface area contributed by atoms with Gasteiger partial charge in [-0.25, -0.2) is 19.3 Å². The lowest BCUT2D eigenvalue weighted by Gasteiger charge is -2.15. The largest absolute Gasteiger partial charge is 0.492 e. The predicted molar refractivity (Wildman–Crippen MR) is 127 cm³/mol. The van der Waals surface area contributed by atoms with E-state index < -0.39 is 0 Å². The van der Waals surface area contributed by atoms with Gasteiger partial charge in [0, 0.05) is 18.1 Å². The molecule has 0 radical (unpaired) electrons. The lowest BCUT2D eigenvalue weighted by Crippen LogP contribution is -2.17. The van der Waals surface area contributed by atoms with Gasteiger partial charge >= 0.3 is 10.8 Å². The van der Waals surface area contributed by atoms with E-state index in [1.54, 1.807) is 17.6 Å². The number of benzene rings is 1. The standard InChI is InChI=1S/C21H21IN4O5S/c1-4-5-19(27)30-12-13(2)11-29-17-8-14(6-7-15(17)22)26-20(25-31-21(26)32)16-9-24-18(28-3)10-23-16/h4-10,13H,11-12H2,1-3H3. The number of rotatable bonds is 9. The number of carbonyl (C=O) groups excluding carboxylic acids is 1. The normalized spacial score (nSPS) is 12.0. The molecule has 0 saturated heterocycles. The number of esters is 1. The molecule has 32 heavy (non-hydrogen) atoms. The van der Waals surface area contributed by atoms with E-state index in [-0.39, 0.29) is 23.3 Å². The van der Waals surface area contributed by atoms with E-state index in [1.807, 2.05) is 25.1 Å². The van der Waals surface area contributed by atoms with Gasteiger partial charge in [-0.2, -0.15) is 0 Å². The number of halogens is 1. The van der Waals surface area contributed by atoms with Crippen molar-refractivity contribution in [2.45, 2.75) is 13.8 Å². The van der Waals surface area contributed by atoms with Gasteiger partial charge in [0.25, 0.3) is 0 Å². The summed E-state index contributed by atoms with van der Waals surface area (Å²) in [5.74, 6) is 1.09. The highest BCUT2D eigenvalue weighted by Gasteiger charge is 2.17. The first-order valence-corrected chi connectivity index (χ1v) is 11.1. The minimum Gasteiger partial charge on any atom is -0.492 e. The molecule has 3 rings (SSSR count). The molecular weight excluding hydrogens is 547 g/mol. The van der Waals surface area contributed by atoms with Gasteiger partial charge in [-0.05, 0) is 53.9 Å². The summed E-state index contributed by atoms with van der Waals surface area (Å²) < 4.78 is 24.0. The average Bonchev–Trinajstić information content (AvgIpc) is 3.18. The number of ether oxygens (including phenoxy) is 3. The zero-order valence-electron chi connectivity index (χ0n) is 17.6. The van der Waals surface area contributed by atoms with Crippen molar-refractivity contribution >= 4 is 40.8 Å². The number of methoxy groups -OCH3 is 1. The van der Waals surface area contributed by atoms with Crippen molar-refractivity contribution in [3.05, 3.63) is 51.2 Å². The van der Waals surface area contributed by atoms with Crippen molar-refractivity contribution in [1.29, 1.82) is 0 Å². The summed E-state index contributed by atoms with van der Waals surface area (Å²) in [4.78, 5) is 20.1. The molecule has 2 heterocycles. The summed E-state index contributed by atoms with van der Waals surface area (Å²) in [5.41, 5.74) is 1.18. The van der Waals surface area contributed by atoms with Crippen LogP contribution in [0.5, 0.6) is 11.6 Å². The van der Waals surface area contributed by atoms with Gasteiger partial charge in [0.15, 0.2) is 0 Å². The van der Waals surface area contributed by atoms with Gasteiger partial charge in [-0.1, -0.05) is 18.2 Å². The van der Waals surface area contributed by atoms with Crippen molar-refractivity contribution in [3.8, 4) is 28.8 Å². The number of hydrogen-bond acceptors (Lipinski definition) is 9. The Kier molecular flexibility index (Phi) is 8.33. The highest BCUT2D eigenvalue weighted by molar-refractivity contribution is 14.1. The lowest BCUT2D eigenvalue weighted by atomic mass is 10.2. The molecule has 11 heteroatoms. The Morgan fingerprint density at radius 3 is 2.81 bits per heavy atom. The molecule has 0 aliphatic heterocycles. The first kappa shape index (κ1) is 23.9. The molecule has 0 spiro atoms. The summed E-state index contributed by atoms with van der Waals surface area (Å²) >= 11 is 7.52. The van der Waals surface area contributed by atoms with E-state index >= 15 is 0 Å². The third kappa shape index (κ3) is 5.91. The molecule has 0 N–H and O–H groups in total. The molecule has 0 aliphatic rings. The van der Waals surface area contributed by atoms with E-state index in [2.05, 4.69) is 37.7 Å². The first-order valence-electron chi connectivity index (χ1n) is 9.60. The van der Waals surface area contributed by atoms with E-state index in [0.717, 1.165) is 3.57 Å². The topological polar surface area (TPSA) is 102 Å². The summed E-state index contributed by atoms with van der Waals surface area (Å²) in [6.45, 7) is 4.33. The third-order valence-electron chi connectivity index (χ3n) is 4.18. The number of aromatic nitrogens is 4. The molecule has 0 aliphatic carbocycles. The zero-order chi connectivity index (χ0) is 23.1. The predicted octanol–water partition coefficient (Wildman–Crippen LogP) is 4.40. The molecule has 3 aromatic rings. The average molecular weight is 568 g/mol. The van der Waals surface area contributed by atoms with Crippen LogP contribution in [-0.4, -0.2) is 46.0 Å². The number of allylic oxidation sites excluding steroid dienone is 1. The Bertz CT molecular complexity index is 1160. The molecule has 0 fully saturated rings. The maximum absolute atomic E-state index is 11.5. The van der Waals surface area contributed by atoms with Gasteiger partial charge < -0.3 is 18.7 Å². The third-order valence-corrected chi connectivity index (χ3v) is 5.33. The molecule has 9 nitrogen and oxygen atoms in total. The van der Waals surface area contributed by atoms with Crippen molar-refractivity contribution in [2.24, 2.45) is 5.92 Å². The van der Waals surface area contributed by atoms with Crippen LogP contribution in [-0.2, 0) is 9.53 Å². The van der Waals surface area contributed by atoms with Crippen molar-refractivity contribution < 1.29 is 23.5 Å². The summed E-state index contributed by atoms with van der Waals surface area (Å²) in [5, 5.41) is 4.04. The Labute approximate surface area is 203 Å². The van der Waals surface area contributed by atoms with Gasteiger partial charge in [0.1, 0.15) is 11.4 Å². The Hall–Kier alpha value is -2.80. The summed E-state index contributed by atoms with van der Waals surface area (Å²) in [7, 11) is 1.52. The smallest absolute Gasteiger partial charge is 0.330 e. The van der Waals surface area contributed by atoms with Crippen LogP contribution in [0.2, 0.25) is 0 Å². The number of carbonyl (C=O) groups is 1.